The predicted octanol–water partition coefficient (Wildman–Crippen LogP) is 3.20. The fourth-order valence-corrected chi connectivity index (χ4v) is 3.17. The van der Waals surface area contributed by atoms with Crippen LogP contribution in [0, 0.1) is 0 Å². The summed E-state index contributed by atoms with van der Waals surface area (Å²) < 4.78 is 1.57. The van der Waals surface area contributed by atoms with Gasteiger partial charge in [0, 0.05) is 23.5 Å². The number of benzene rings is 2. The lowest BCUT2D eigenvalue weighted by atomic mass is 10.2. The van der Waals surface area contributed by atoms with Crippen LogP contribution in [0.1, 0.15) is 16.1 Å². The zero-order valence-corrected chi connectivity index (χ0v) is 15.3. The van der Waals surface area contributed by atoms with Crippen molar-refractivity contribution in [2.75, 3.05) is 4.90 Å². The minimum absolute atomic E-state index is 0.0139. The van der Waals surface area contributed by atoms with Gasteiger partial charge in [0.25, 0.3) is 0 Å². The number of pyridine rings is 1. The summed E-state index contributed by atoms with van der Waals surface area (Å²) in [7, 11) is 0. The molecule has 3 N–H and O–H groups in total. The number of nitrogens with zero attached hydrogens (tertiary/aromatic N) is 4. The van der Waals surface area contributed by atoms with Gasteiger partial charge in [0.2, 0.25) is 0 Å². The monoisotopic (exact) mass is 387 g/mol. The lowest BCUT2D eigenvalue weighted by molar-refractivity contribution is 0.0692. The topological polar surface area (TPSA) is 114 Å². The first-order valence-corrected chi connectivity index (χ1v) is 8.82. The number of aromatic carboxylic acids is 1. The normalized spacial score (nSPS) is 10.8. The van der Waals surface area contributed by atoms with Gasteiger partial charge in [-0.05, 0) is 42.0 Å². The van der Waals surface area contributed by atoms with Crippen LogP contribution in [0.15, 0.2) is 73.1 Å². The molecule has 4 rings (SSSR count). The van der Waals surface area contributed by atoms with Gasteiger partial charge in [-0.3, -0.25) is 9.88 Å². The first-order chi connectivity index (χ1) is 14.0. The largest absolute Gasteiger partial charge is 0.476 e. The molecule has 0 unspecified atom stereocenters. The highest BCUT2D eigenvalue weighted by Gasteiger charge is 2.18. The summed E-state index contributed by atoms with van der Waals surface area (Å²) in [6, 6.07) is 17.2. The Bertz CT molecular complexity index is 1190. The molecule has 0 aliphatic heterocycles. The van der Waals surface area contributed by atoms with Crippen LogP contribution in [0.4, 0.5) is 10.5 Å². The zero-order valence-electron chi connectivity index (χ0n) is 15.3. The van der Waals surface area contributed by atoms with Crippen LogP contribution in [0.3, 0.4) is 0 Å². The molecule has 144 valence electrons. The minimum Gasteiger partial charge on any atom is -0.476 e. The number of hydrogen-bond acceptors (Lipinski definition) is 4. The Balaban J connectivity index is 1.70. The molecule has 8 heteroatoms. The fraction of sp³-hybridized carbons (Fsp3) is 0.0476. The number of fused-ring (bicyclic) bond motifs is 1. The number of hydrogen-bond donors (Lipinski definition) is 2. The van der Waals surface area contributed by atoms with Gasteiger partial charge in [-0.15, -0.1) is 0 Å². The van der Waals surface area contributed by atoms with Gasteiger partial charge in [-0.1, -0.05) is 24.3 Å². The fourth-order valence-electron chi connectivity index (χ4n) is 3.17. The molecule has 2 amide bonds. The van der Waals surface area contributed by atoms with Crippen molar-refractivity contribution < 1.29 is 14.7 Å². The van der Waals surface area contributed by atoms with Gasteiger partial charge < -0.3 is 10.8 Å². The van der Waals surface area contributed by atoms with Crippen molar-refractivity contribution >= 4 is 28.6 Å². The Morgan fingerprint density at radius 3 is 2.45 bits per heavy atom. The number of rotatable bonds is 5. The number of primary amides is 1. The molecule has 2 aromatic heterocycles. The Kier molecular flexibility index (Phi) is 4.66. The SMILES string of the molecule is NC(=O)N(Cc1cccnc1)c1ccc(-n2nc(C(=O)O)c3ccccc32)cc1. The quantitative estimate of drug-likeness (QED) is 0.546. The van der Waals surface area contributed by atoms with Gasteiger partial charge in [0.15, 0.2) is 5.69 Å². The van der Waals surface area contributed by atoms with Crippen LogP contribution in [0.5, 0.6) is 0 Å². The highest BCUT2D eigenvalue weighted by molar-refractivity contribution is 6.01. The molecule has 0 aliphatic carbocycles. The highest BCUT2D eigenvalue weighted by atomic mass is 16.4. The van der Waals surface area contributed by atoms with E-state index in [-0.39, 0.29) is 12.2 Å². The number of urea groups is 1. The Hall–Kier alpha value is -4.20. The van der Waals surface area contributed by atoms with Crippen molar-refractivity contribution in [2.24, 2.45) is 5.73 Å². The maximum Gasteiger partial charge on any atom is 0.357 e. The number of nitrogens with two attached hydrogens (primary N) is 1. The highest BCUT2D eigenvalue weighted by Crippen LogP contribution is 2.24. The number of carboxylic acids is 1. The Morgan fingerprint density at radius 1 is 1.03 bits per heavy atom. The number of para-hydroxylation sites is 1. The maximum atomic E-state index is 12.0. The molecule has 8 nitrogen and oxygen atoms in total. The summed E-state index contributed by atoms with van der Waals surface area (Å²) in [5.41, 5.74) is 8.35. The average Bonchev–Trinajstić information content (AvgIpc) is 3.13. The first-order valence-electron chi connectivity index (χ1n) is 8.82. The second kappa shape index (κ2) is 7.43. The van der Waals surface area contributed by atoms with E-state index in [0.29, 0.717) is 22.3 Å². The molecule has 4 aromatic rings. The van der Waals surface area contributed by atoms with Crippen LogP contribution < -0.4 is 10.6 Å². The van der Waals surface area contributed by atoms with E-state index in [2.05, 4.69) is 10.1 Å². The van der Waals surface area contributed by atoms with Gasteiger partial charge in [-0.2, -0.15) is 5.10 Å². The molecule has 2 heterocycles. The van der Waals surface area contributed by atoms with Crippen molar-refractivity contribution in [1.82, 2.24) is 14.8 Å². The molecule has 0 saturated carbocycles. The molecule has 2 aromatic carbocycles. The zero-order chi connectivity index (χ0) is 20.4. The number of carboxylic acid groups (broad SMARTS) is 1. The third-order valence-corrected chi connectivity index (χ3v) is 4.53. The average molecular weight is 387 g/mol. The summed E-state index contributed by atoms with van der Waals surface area (Å²) in [5.74, 6) is -1.09. The van der Waals surface area contributed by atoms with Crippen molar-refractivity contribution in [2.45, 2.75) is 6.54 Å². The summed E-state index contributed by atoms with van der Waals surface area (Å²) in [5, 5.41) is 14.2. The predicted molar refractivity (Wildman–Crippen MR) is 108 cm³/mol. The standard InChI is InChI=1S/C21H17N5O3/c22-21(29)25(13-14-4-3-11-23-12-14)15-7-9-16(10-8-15)26-18-6-2-1-5-17(18)19(24-26)20(27)28/h1-12H,13H2,(H2,22,29)(H,27,28). The minimum atomic E-state index is -1.09. The number of amides is 2. The third-order valence-electron chi connectivity index (χ3n) is 4.53. The molecule has 0 radical (unpaired) electrons. The van der Waals surface area contributed by atoms with E-state index in [1.54, 1.807) is 65.6 Å². The summed E-state index contributed by atoms with van der Waals surface area (Å²) in [6.45, 7) is 0.288. The first kappa shape index (κ1) is 18.2. The molecular weight excluding hydrogens is 370 g/mol. The van der Waals surface area contributed by atoms with Crippen LogP contribution in [-0.2, 0) is 6.54 Å². The Labute approximate surface area is 165 Å². The molecule has 0 bridgehead atoms. The second-order valence-electron chi connectivity index (χ2n) is 6.38. The van der Waals surface area contributed by atoms with Crippen molar-refractivity contribution in [3.8, 4) is 5.69 Å². The van der Waals surface area contributed by atoms with E-state index in [4.69, 9.17) is 5.73 Å². The number of anilines is 1. The number of aromatic nitrogens is 3. The summed E-state index contributed by atoms with van der Waals surface area (Å²) in [6.07, 6.45) is 3.33. The molecule has 29 heavy (non-hydrogen) atoms. The molecular formula is C21H17N5O3. The van der Waals surface area contributed by atoms with E-state index in [1.165, 1.54) is 4.90 Å². The molecule has 0 saturated heterocycles. The summed E-state index contributed by atoms with van der Waals surface area (Å²) in [4.78, 5) is 29.0. The number of carbonyl (C=O) groups excluding carboxylic acids is 1. The lowest BCUT2D eigenvalue weighted by Gasteiger charge is -2.20. The molecule has 0 fully saturated rings. The van der Waals surface area contributed by atoms with E-state index in [9.17, 15) is 14.7 Å². The van der Waals surface area contributed by atoms with Gasteiger partial charge in [-0.25, -0.2) is 14.3 Å². The van der Waals surface area contributed by atoms with Gasteiger partial charge in [0.05, 0.1) is 17.7 Å². The Morgan fingerprint density at radius 2 is 1.79 bits per heavy atom. The van der Waals surface area contributed by atoms with Crippen molar-refractivity contribution in [1.29, 1.82) is 0 Å². The number of carbonyl (C=O) groups is 2. The third kappa shape index (κ3) is 3.51. The molecule has 0 atom stereocenters. The van der Waals surface area contributed by atoms with E-state index < -0.39 is 12.0 Å². The van der Waals surface area contributed by atoms with Crippen molar-refractivity contribution in [3.05, 3.63) is 84.3 Å². The van der Waals surface area contributed by atoms with Crippen molar-refractivity contribution in [3.63, 3.8) is 0 Å². The molecule has 0 spiro atoms. The smallest absolute Gasteiger partial charge is 0.357 e. The van der Waals surface area contributed by atoms with Crippen LogP contribution in [0.2, 0.25) is 0 Å². The van der Waals surface area contributed by atoms with E-state index in [1.807, 2.05) is 12.1 Å². The van der Waals surface area contributed by atoms with E-state index >= 15 is 0 Å². The van der Waals surface area contributed by atoms with Crippen LogP contribution >= 0.6 is 0 Å². The lowest BCUT2D eigenvalue weighted by Crippen LogP contribution is -2.35. The second-order valence-corrected chi connectivity index (χ2v) is 6.38. The van der Waals surface area contributed by atoms with Crippen LogP contribution in [0.25, 0.3) is 16.6 Å². The summed E-state index contributed by atoms with van der Waals surface area (Å²) >= 11 is 0. The molecule has 0 aliphatic rings. The van der Waals surface area contributed by atoms with Gasteiger partial charge >= 0.3 is 12.0 Å². The van der Waals surface area contributed by atoms with Crippen LogP contribution in [-0.4, -0.2) is 31.9 Å². The van der Waals surface area contributed by atoms with Gasteiger partial charge in [0.1, 0.15) is 0 Å². The van der Waals surface area contributed by atoms with E-state index in [0.717, 1.165) is 5.56 Å². The maximum absolute atomic E-state index is 12.0.